The van der Waals surface area contributed by atoms with Gasteiger partial charge in [0.25, 0.3) is 0 Å². The zero-order valence-electron chi connectivity index (χ0n) is 22.8. The molecule has 9 rings (SSSR count). The number of ether oxygens (including phenoxy) is 1. The molecule has 0 radical (unpaired) electrons. The van der Waals surface area contributed by atoms with Crippen LogP contribution < -0.4 is 4.74 Å². The number of hydrogen-bond donors (Lipinski definition) is 0. The van der Waals surface area contributed by atoms with Gasteiger partial charge in [0.1, 0.15) is 11.5 Å². The summed E-state index contributed by atoms with van der Waals surface area (Å²) in [6.45, 7) is 0. The van der Waals surface area contributed by atoms with E-state index in [-0.39, 0.29) is 0 Å². The molecule has 1 aliphatic heterocycles. The first kappa shape index (κ1) is 23.1. The van der Waals surface area contributed by atoms with Gasteiger partial charge in [-0.2, -0.15) is 0 Å². The maximum atomic E-state index is 6.36. The Kier molecular flexibility index (Phi) is 4.93. The Morgan fingerprint density at radius 1 is 0.405 bits per heavy atom. The summed E-state index contributed by atoms with van der Waals surface area (Å²) >= 11 is 0. The molecule has 0 spiro atoms. The van der Waals surface area contributed by atoms with Gasteiger partial charge in [-0.25, -0.2) is 0 Å². The highest BCUT2D eigenvalue weighted by Gasteiger charge is 2.22. The van der Waals surface area contributed by atoms with E-state index in [1.54, 1.807) is 0 Å². The molecule has 0 saturated heterocycles. The fourth-order valence-electron chi connectivity index (χ4n) is 6.78. The molecule has 196 valence electrons. The van der Waals surface area contributed by atoms with Crippen LogP contribution in [0.5, 0.6) is 11.5 Å². The van der Waals surface area contributed by atoms with Crippen LogP contribution in [0.1, 0.15) is 0 Å². The lowest BCUT2D eigenvalue weighted by molar-refractivity contribution is 0.487. The Bertz CT molecular complexity index is 2330. The summed E-state index contributed by atoms with van der Waals surface area (Å²) in [5.41, 5.74) is 10.8. The molecule has 2 heteroatoms. The predicted octanol–water partition coefficient (Wildman–Crippen LogP) is 11.0. The van der Waals surface area contributed by atoms with E-state index in [4.69, 9.17) is 4.74 Å². The van der Waals surface area contributed by atoms with E-state index in [2.05, 4.69) is 144 Å². The van der Waals surface area contributed by atoms with E-state index in [0.29, 0.717) is 0 Å². The Labute approximate surface area is 243 Å². The molecule has 0 aliphatic carbocycles. The van der Waals surface area contributed by atoms with Gasteiger partial charge < -0.3 is 9.30 Å². The van der Waals surface area contributed by atoms with Crippen molar-refractivity contribution in [3.8, 4) is 50.6 Å². The molecule has 0 amide bonds. The number of benzene rings is 7. The minimum absolute atomic E-state index is 0.911. The van der Waals surface area contributed by atoms with Crippen molar-refractivity contribution in [1.29, 1.82) is 0 Å². The van der Waals surface area contributed by atoms with Crippen LogP contribution in [0.3, 0.4) is 0 Å². The third-order valence-electron chi connectivity index (χ3n) is 8.59. The molecular weight excluding hydrogens is 510 g/mol. The summed E-state index contributed by atoms with van der Waals surface area (Å²) in [6.07, 6.45) is 0. The quantitative estimate of drug-likeness (QED) is 0.219. The van der Waals surface area contributed by atoms with Crippen molar-refractivity contribution in [2.24, 2.45) is 0 Å². The van der Waals surface area contributed by atoms with Crippen LogP contribution in [-0.2, 0) is 0 Å². The molecule has 42 heavy (non-hydrogen) atoms. The highest BCUT2D eigenvalue weighted by molar-refractivity contribution is 6.14. The van der Waals surface area contributed by atoms with E-state index in [1.165, 1.54) is 60.4 Å². The molecular formula is C40H25NO. The largest absolute Gasteiger partial charge is 0.456 e. The number of para-hydroxylation sites is 4. The van der Waals surface area contributed by atoms with Crippen molar-refractivity contribution < 1.29 is 4.74 Å². The summed E-state index contributed by atoms with van der Waals surface area (Å²) in [7, 11) is 0. The second kappa shape index (κ2) is 8.95. The number of fused-ring (bicyclic) bond motifs is 5. The fourth-order valence-corrected chi connectivity index (χ4v) is 6.78. The van der Waals surface area contributed by atoms with Crippen LogP contribution in [0.25, 0.3) is 71.6 Å². The van der Waals surface area contributed by atoms with Gasteiger partial charge in [-0.3, -0.25) is 0 Å². The summed E-state index contributed by atoms with van der Waals surface area (Å²) in [5, 5.41) is 4.90. The minimum Gasteiger partial charge on any atom is -0.456 e. The van der Waals surface area contributed by atoms with Gasteiger partial charge in [0.2, 0.25) is 0 Å². The second-order valence-corrected chi connectivity index (χ2v) is 10.9. The smallest absolute Gasteiger partial charge is 0.135 e. The standard InChI is InChI=1S/C40H25NO/c1-2-13-28(14-3-1)41-36-21-6-4-15-31(36)35-20-9-17-30(40(35)41)27-12-8-11-26(25-27)29-23-24-38-39-33(29)18-10-19-34(39)32-16-5-7-22-37(32)42-38/h1-25H. The summed E-state index contributed by atoms with van der Waals surface area (Å²) in [5.74, 6) is 1.82. The van der Waals surface area contributed by atoms with Crippen molar-refractivity contribution >= 4 is 32.6 Å². The predicted molar refractivity (Wildman–Crippen MR) is 175 cm³/mol. The average molecular weight is 536 g/mol. The third-order valence-corrected chi connectivity index (χ3v) is 8.59. The van der Waals surface area contributed by atoms with Gasteiger partial charge in [0.05, 0.1) is 11.0 Å². The number of aromatic nitrogens is 1. The number of hydrogen-bond acceptors (Lipinski definition) is 1. The third kappa shape index (κ3) is 3.33. The lowest BCUT2D eigenvalue weighted by Gasteiger charge is -2.22. The van der Waals surface area contributed by atoms with Crippen LogP contribution in [0.4, 0.5) is 0 Å². The highest BCUT2D eigenvalue weighted by Crippen LogP contribution is 2.48. The second-order valence-electron chi connectivity index (χ2n) is 10.9. The lowest BCUT2D eigenvalue weighted by Crippen LogP contribution is -1.97. The molecule has 8 aromatic rings. The van der Waals surface area contributed by atoms with Gasteiger partial charge >= 0.3 is 0 Å². The molecule has 0 saturated carbocycles. The van der Waals surface area contributed by atoms with Gasteiger partial charge in [-0.1, -0.05) is 115 Å². The van der Waals surface area contributed by atoms with E-state index in [9.17, 15) is 0 Å². The van der Waals surface area contributed by atoms with Crippen LogP contribution in [0.15, 0.2) is 152 Å². The van der Waals surface area contributed by atoms with Gasteiger partial charge in [0, 0.05) is 33.0 Å². The van der Waals surface area contributed by atoms with Crippen molar-refractivity contribution in [2.45, 2.75) is 0 Å². The van der Waals surface area contributed by atoms with Crippen LogP contribution in [-0.4, -0.2) is 4.57 Å². The minimum atomic E-state index is 0.911. The molecule has 0 unspecified atom stereocenters. The molecule has 0 N–H and O–H groups in total. The number of nitrogens with zero attached hydrogens (tertiary/aromatic N) is 1. The SMILES string of the molecule is c1ccc(-n2c3ccccc3c3cccc(-c4cccc(-c5ccc6c7c(cccc57)-c5ccccc5O6)c4)c32)cc1. The molecule has 0 fully saturated rings. The monoisotopic (exact) mass is 535 g/mol. The summed E-state index contributed by atoms with van der Waals surface area (Å²) in [4.78, 5) is 0. The molecule has 1 aliphatic rings. The van der Waals surface area contributed by atoms with Crippen molar-refractivity contribution in [2.75, 3.05) is 0 Å². The average Bonchev–Trinajstić information content (AvgIpc) is 3.40. The Hall–Kier alpha value is -5.60. The highest BCUT2D eigenvalue weighted by atomic mass is 16.5. The molecule has 2 heterocycles. The normalized spacial score (nSPS) is 12.0. The van der Waals surface area contributed by atoms with Gasteiger partial charge in [-0.15, -0.1) is 0 Å². The molecule has 1 aromatic heterocycles. The van der Waals surface area contributed by atoms with Crippen molar-refractivity contribution in [3.63, 3.8) is 0 Å². The molecule has 0 bridgehead atoms. The van der Waals surface area contributed by atoms with Crippen LogP contribution in [0, 0.1) is 0 Å². The van der Waals surface area contributed by atoms with Crippen LogP contribution in [0.2, 0.25) is 0 Å². The van der Waals surface area contributed by atoms with E-state index in [1.807, 2.05) is 12.1 Å². The van der Waals surface area contributed by atoms with Crippen LogP contribution >= 0.6 is 0 Å². The summed E-state index contributed by atoms with van der Waals surface area (Å²) in [6, 6.07) is 54.2. The first-order valence-electron chi connectivity index (χ1n) is 14.4. The summed E-state index contributed by atoms with van der Waals surface area (Å²) < 4.78 is 8.77. The van der Waals surface area contributed by atoms with Crippen molar-refractivity contribution in [3.05, 3.63) is 152 Å². The maximum Gasteiger partial charge on any atom is 0.135 e. The van der Waals surface area contributed by atoms with Gasteiger partial charge in [0.15, 0.2) is 0 Å². The first-order valence-corrected chi connectivity index (χ1v) is 14.4. The Morgan fingerprint density at radius 3 is 1.98 bits per heavy atom. The molecule has 2 nitrogen and oxygen atoms in total. The molecule has 7 aromatic carbocycles. The van der Waals surface area contributed by atoms with E-state index in [0.717, 1.165) is 22.7 Å². The first-order chi connectivity index (χ1) is 20.8. The van der Waals surface area contributed by atoms with Gasteiger partial charge in [-0.05, 0) is 64.0 Å². The zero-order valence-corrected chi connectivity index (χ0v) is 22.8. The fraction of sp³-hybridized carbons (Fsp3) is 0. The Morgan fingerprint density at radius 2 is 1.07 bits per heavy atom. The lowest BCUT2D eigenvalue weighted by atomic mass is 9.89. The number of rotatable bonds is 3. The topological polar surface area (TPSA) is 14.2 Å². The molecule has 0 atom stereocenters. The van der Waals surface area contributed by atoms with E-state index < -0.39 is 0 Å². The maximum absolute atomic E-state index is 6.36. The van der Waals surface area contributed by atoms with E-state index >= 15 is 0 Å². The Balaban J connectivity index is 1.28. The van der Waals surface area contributed by atoms with Crippen molar-refractivity contribution in [1.82, 2.24) is 4.57 Å². The zero-order chi connectivity index (χ0) is 27.6.